The van der Waals surface area contributed by atoms with E-state index in [1.807, 2.05) is 25.2 Å². The molecule has 1 N–H and O–H groups in total. The van der Waals surface area contributed by atoms with Crippen molar-refractivity contribution in [3.8, 4) is 0 Å². The van der Waals surface area contributed by atoms with Gasteiger partial charge in [0.15, 0.2) is 0 Å². The third-order valence-corrected chi connectivity index (χ3v) is 4.01. The number of aliphatic imine (C=N–C) groups is 1. The lowest BCUT2D eigenvalue weighted by molar-refractivity contribution is 0.761. The number of benzene rings is 2. The van der Waals surface area contributed by atoms with Gasteiger partial charge in [0.05, 0.1) is 5.71 Å². The van der Waals surface area contributed by atoms with E-state index in [2.05, 4.69) is 36.5 Å². The predicted molar refractivity (Wildman–Crippen MR) is 86.4 cm³/mol. The van der Waals surface area contributed by atoms with Crippen LogP contribution in [0.5, 0.6) is 0 Å². The summed E-state index contributed by atoms with van der Waals surface area (Å²) in [5.74, 6) is 0.465. The molecule has 0 aromatic heterocycles. The Bertz CT molecular complexity index is 676. The molecule has 0 amide bonds. The fraction of sp³-hybridized carbons (Fsp3) is 0.235. The molecule has 2 aromatic carbocycles. The van der Waals surface area contributed by atoms with Crippen molar-refractivity contribution in [2.75, 3.05) is 18.9 Å². The van der Waals surface area contributed by atoms with Crippen LogP contribution in [0.1, 0.15) is 29.5 Å². The van der Waals surface area contributed by atoms with Crippen LogP contribution in [0.25, 0.3) is 0 Å². The van der Waals surface area contributed by atoms with E-state index in [9.17, 15) is 0 Å². The van der Waals surface area contributed by atoms with Crippen LogP contribution in [0.15, 0.2) is 47.5 Å². The first-order valence-electron chi connectivity index (χ1n) is 6.82. The summed E-state index contributed by atoms with van der Waals surface area (Å²) in [5.41, 5.74) is 5.73. The van der Waals surface area contributed by atoms with Crippen molar-refractivity contribution in [2.24, 2.45) is 4.99 Å². The van der Waals surface area contributed by atoms with Gasteiger partial charge in [-0.2, -0.15) is 0 Å². The maximum atomic E-state index is 6.17. The third kappa shape index (κ3) is 2.20. The van der Waals surface area contributed by atoms with Gasteiger partial charge in [-0.1, -0.05) is 42.8 Å². The standard InChI is InChI=1S/C17H17ClN2/c1-11-10-20-17(14-6-4-3-5-13(11)14)15-9-12(18)7-8-16(15)19-2/h3-9,11,19H,10H2,1-2H3. The average Bonchev–Trinajstić information content (AvgIpc) is 2.48. The molecular formula is C17H17ClN2. The SMILES string of the molecule is CNc1ccc(Cl)cc1C1=NCC(C)c2ccccc21. The average molecular weight is 285 g/mol. The highest BCUT2D eigenvalue weighted by atomic mass is 35.5. The highest BCUT2D eigenvalue weighted by Gasteiger charge is 2.21. The second kappa shape index (κ2) is 5.29. The maximum absolute atomic E-state index is 6.17. The monoisotopic (exact) mass is 284 g/mol. The van der Waals surface area contributed by atoms with Crippen LogP contribution in [0, 0.1) is 0 Å². The lowest BCUT2D eigenvalue weighted by Gasteiger charge is -2.23. The molecule has 1 heterocycles. The van der Waals surface area contributed by atoms with Crippen molar-refractivity contribution >= 4 is 23.0 Å². The number of nitrogens with one attached hydrogen (secondary N) is 1. The van der Waals surface area contributed by atoms with Crippen molar-refractivity contribution < 1.29 is 0 Å². The molecule has 20 heavy (non-hydrogen) atoms. The Morgan fingerprint density at radius 3 is 2.75 bits per heavy atom. The molecule has 2 aromatic rings. The molecule has 0 fully saturated rings. The summed E-state index contributed by atoms with van der Waals surface area (Å²) in [5, 5.41) is 3.96. The van der Waals surface area contributed by atoms with Crippen LogP contribution in [-0.2, 0) is 0 Å². The predicted octanol–water partition coefficient (Wildman–Crippen LogP) is 4.34. The molecule has 1 atom stereocenters. The molecule has 0 aliphatic carbocycles. The molecule has 0 saturated heterocycles. The van der Waals surface area contributed by atoms with Gasteiger partial charge < -0.3 is 5.32 Å². The number of rotatable bonds is 2. The first kappa shape index (κ1) is 13.2. The lowest BCUT2D eigenvalue weighted by Crippen LogP contribution is -2.18. The maximum Gasteiger partial charge on any atom is 0.0743 e. The van der Waals surface area contributed by atoms with Crippen molar-refractivity contribution in [2.45, 2.75) is 12.8 Å². The van der Waals surface area contributed by atoms with Gasteiger partial charge in [-0.3, -0.25) is 4.99 Å². The summed E-state index contributed by atoms with van der Waals surface area (Å²) in [4.78, 5) is 4.79. The summed E-state index contributed by atoms with van der Waals surface area (Å²) in [6.07, 6.45) is 0. The van der Waals surface area contributed by atoms with Gasteiger partial charge in [0, 0.05) is 41.3 Å². The molecule has 0 radical (unpaired) electrons. The number of fused-ring (bicyclic) bond motifs is 1. The van der Waals surface area contributed by atoms with Gasteiger partial charge in [-0.25, -0.2) is 0 Å². The van der Waals surface area contributed by atoms with Crippen molar-refractivity contribution in [3.63, 3.8) is 0 Å². The minimum Gasteiger partial charge on any atom is -0.388 e. The number of halogens is 1. The van der Waals surface area contributed by atoms with Gasteiger partial charge in [0.1, 0.15) is 0 Å². The van der Waals surface area contributed by atoms with Crippen LogP contribution in [0.2, 0.25) is 5.02 Å². The van der Waals surface area contributed by atoms with Crippen molar-refractivity contribution in [1.82, 2.24) is 0 Å². The van der Waals surface area contributed by atoms with E-state index < -0.39 is 0 Å². The summed E-state index contributed by atoms with van der Waals surface area (Å²) in [6.45, 7) is 3.04. The van der Waals surface area contributed by atoms with Crippen LogP contribution in [0.3, 0.4) is 0 Å². The molecule has 0 spiro atoms. The molecule has 102 valence electrons. The van der Waals surface area contributed by atoms with Gasteiger partial charge in [0.2, 0.25) is 0 Å². The van der Waals surface area contributed by atoms with Crippen molar-refractivity contribution in [3.05, 3.63) is 64.2 Å². The van der Waals surface area contributed by atoms with Crippen LogP contribution < -0.4 is 5.32 Å². The van der Waals surface area contributed by atoms with Crippen LogP contribution >= 0.6 is 11.6 Å². The second-order valence-electron chi connectivity index (χ2n) is 5.12. The number of hydrogen-bond donors (Lipinski definition) is 1. The summed E-state index contributed by atoms with van der Waals surface area (Å²) in [6, 6.07) is 14.4. The van der Waals surface area contributed by atoms with Crippen LogP contribution in [-0.4, -0.2) is 19.3 Å². The molecule has 2 nitrogen and oxygen atoms in total. The Kier molecular flexibility index (Phi) is 3.49. The zero-order chi connectivity index (χ0) is 14.1. The smallest absolute Gasteiger partial charge is 0.0743 e. The third-order valence-electron chi connectivity index (χ3n) is 3.78. The molecule has 3 rings (SSSR count). The Morgan fingerprint density at radius 2 is 1.95 bits per heavy atom. The zero-order valence-electron chi connectivity index (χ0n) is 11.7. The minimum absolute atomic E-state index is 0.465. The second-order valence-corrected chi connectivity index (χ2v) is 5.55. The number of anilines is 1. The zero-order valence-corrected chi connectivity index (χ0v) is 12.4. The first-order valence-corrected chi connectivity index (χ1v) is 7.20. The van der Waals surface area contributed by atoms with Crippen molar-refractivity contribution in [1.29, 1.82) is 0 Å². The van der Waals surface area contributed by atoms with E-state index in [1.54, 1.807) is 0 Å². The molecule has 0 saturated carbocycles. The normalized spacial score (nSPS) is 17.4. The highest BCUT2D eigenvalue weighted by molar-refractivity contribution is 6.31. The fourth-order valence-electron chi connectivity index (χ4n) is 2.71. The first-order chi connectivity index (χ1) is 9.70. The van der Waals surface area contributed by atoms with E-state index in [0.717, 1.165) is 28.5 Å². The van der Waals surface area contributed by atoms with E-state index in [4.69, 9.17) is 16.6 Å². The van der Waals surface area contributed by atoms with E-state index in [-0.39, 0.29) is 0 Å². The molecule has 0 bridgehead atoms. The van der Waals surface area contributed by atoms with E-state index >= 15 is 0 Å². The number of nitrogens with zero attached hydrogens (tertiary/aromatic N) is 1. The summed E-state index contributed by atoms with van der Waals surface area (Å²) < 4.78 is 0. The Morgan fingerprint density at radius 1 is 1.15 bits per heavy atom. The Hall–Kier alpha value is -1.80. The fourth-order valence-corrected chi connectivity index (χ4v) is 2.89. The van der Waals surface area contributed by atoms with Gasteiger partial charge >= 0.3 is 0 Å². The molecule has 1 aliphatic rings. The summed E-state index contributed by atoms with van der Waals surface area (Å²) in [7, 11) is 1.92. The van der Waals surface area contributed by atoms with Gasteiger partial charge in [-0.05, 0) is 23.8 Å². The quantitative estimate of drug-likeness (QED) is 0.872. The minimum atomic E-state index is 0.465. The van der Waals surface area contributed by atoms with E-state index in [0.29, 0.717) is 5.92 Å². The molecular weight excluding hydrogens is 268 g/mol. The topological polar surface area (TPSA) is 24.4 Å². The Balaban J connectivity index is 2.18. The van der Waals surface area contributed by atoms with Gasteiger partial charge in [-0.15, -0.1) is 0 Å². The molecule has 3 heteroatoms. The molecule has 1 aliphatic heterocycles. The lowest BCUT2D eigenvalue weighted by atomic mass is 9.87. The van der Waals surface area contributed by atoms with Crippen LogP contribution in [0.4, 0.5) is 5.69 Å². The highest BCUT2D eigenvalue weighted by Crippen LogP contribution is 2.31. The summed E-state index contributed by atoms with van der Waals surface area (Å²) >= 11 is 6.17. The number of hydrogen-bond acceptors (Lipinski definition) is 2. The van der Waals surface area contributed by atoms with E-state index in [1.165, 1.54) is 11.1 Å². The Labute approximate surface area is 124 Å². The largest absolute Gasteiger partial charge is 0.388 e. The van der Waals surface area contributed by atoms with Gasteiger partial charge in [0.25, 0.3) is 0 Å². The molecule has 1 unspecified atom stereocenters.